The first-order chi connectivity index (χ1) is 12.2. The third-order valence-electron chi connectivity index (χ3n) is 4.48. The lowest BCUT2D eigenvalue weighted by atomic mass is 10.0. The van der Waals surface area contributed by atoms with Gasteiger partial charge in [-0.1, -0.05) is 36.4 Å². The molecule has 5 heteroatoms. The molecular formula is C20H13N3O2. The molecule has 0 amide bonds. The molecule has 0 bridgehead atoms. The number of hydrogen-bond acceptors (Lipinski definition) is 3. The minimum atomic E-state index is -0.376. The van der Waals surface area contributed by atoms with Crippen LogP contribution in [0.4, 0.5) is 0 Å². The minimum absolute atomic E-state index is 0.0661. The highest BCUT2D eigenvalue weighted by molar-refractivity contribution is 6.01. The highest BCUT2D eigenvalue weighted by atomic mass is 16.3. The van der Waals surface area contributed by atoms with Crippen LogP contribution in [0.2, 0.25) is 0 Å². The monoisotopic (exact) mass is 327 g/mol. The van der Waals surface area contributed by atoms with Crippen LogP contribution < -0.4 is 5.56 Å². The van der Waals surface area contributed by atoms with Crippen molar-refractivity contribution < 1.29 is 5.11 Å². The lowest BCUT2D eigenvalue weighted by Crippen LogP contribution is -2.10. The summed E-state index contributed by atoms with van der Waals surface area (Å²) in [6, 6.07) is 19.1. The first-order valence-electron chi connectivity index (χ1n) is 7.93. The van der Waals surface area contributed by atoms with Crippen LogP contribution in [0.15, 0.2) is 65.5 Å². The fraction of sp³-hybridized carbons (Fsp3) is 0. The summed E-state index contributed by atoms with van der Waals surface area (Å²) in [6.07, 6.45) is 0. The lowest BCUT2D eigenvalue weighted by molar-refractivity contribution is 0.482. The van der Waals surface area contributed by atoms with Gasteiger partial charge in [0.15, 0.2) is 0 Å². The quantitative estimate of drug-likeness (QED) is 0.408. The normalized spacial score (nSPS) is 11.5. The SMILES string of the molecule is O=c1[nH]c2cc3ccccc3cc2c(O)c1-c1nc2ccccc2[nH]1. The zero-order chi connectivity index (χ0) is 17.0. The van der Waals surface area contributed by atoms with Crippen LogP contribution in [-0.2, 0) is 0 Å². The van der Waals surface area contributed by atoms with Gasteiger partial charge < -0.3 is 15.1 Å². The summed E-state index contributed by atoms with van der Waals surface area (Å²) < 4.78 is 0. The van der Waals surface area contributed by atoms with Gasteiger partial charge in [0.05, 0.1) is 16.6 Å². The molecule has 0 atom stereocenters. The van der Waals surface area contributed by atoms with Crippen molar-refractivity contribution in [3.05, 3.63) is 71.0 Å². The maximum Gasteiger partial charge on any atom is 0.263 e. The summed E-state index contributed by atoms with van der Waals surface area (Å²) in [7, 11) is 0. The Balaban J connectivity index is 1.86. The van der Waals surface area contributed by atoms with Crippen LogP contribution in [0.1, 0.15) is 0 Å². The maximum atomic E-state index is 12.6. The van der Waals surface area contributed by atoms with Crippen molar-refractivity contribution in [2.24, 2.45) is 0 Å². The molecule has 2 aromatic heterocycles. The molecule has 5 rings (SSSR count). The summed E-state index contributed by atoms with van der Waals surface area (Å²) in [5.41, 5.74) is 1.93. The van der Waals surface area contributed by atoms with E-state index in [0.717, 1.165) is 21.8 Å². The van der Waals surface area contributed by atoms with Crippen molar-refractivity contribution >= 4 is 32.7 Å². The molecule has 2 heterocycles. The third-order valence-corrected chi connectivity index (χ3v) is 4.48. The molecule has 3 N–H and O–H groups in total. The summed E-state index contributed by atoms with van der Waals surface area (Å²) in [5.74, 6) is 0.290. The van der Waals surface area contributed by atoms with Gasteiger partial charge in [0, 0.05) is 5.39 Å². The van der Waals surface area contributed by atoms with Gasteiger partial charge in [-0.3, -0.25) is 4.79 Å². The van der Waals surface area contributed by atoms with E-state index in [0.29, 0.717) is 16.7 Å². The summed E-state index contributed by atoms with van der Waals surface area (Å²) in [6.45, 7) is 0. The molecule has 120 valence electrons. The van der Waals surface area contributed by atoms with Gasteiger partial charge in [-0.25, -0.2) is 4.98 Å². The zero-order valence-corrected chi connectivity index (χ0v) is 13.1. The Labute approximate surface area is 141 Å². The number of H-pyrrole nitrogens is 2. The maximum absolute atomic E-state index is 12.6. The van der Waals surface area contributed by atoms with E-state index in [1.54, 1.807) is 0 Å². The Morgan fingerprint density at radius 2 is 1.56 bits per heavy atom. The van der Waals surface area contributed by atoms with E-state index in [1.807, 2.05) is 60.7 Å². The van der Waals surface area contributed by atoms with E-state index in [4.69, 9.17) is 0 Å². The predicted octanol–water partition coefficient (Wildman–Crippen LogP) is 3.93. The minimum Gasteiger partial charge on any atom is -0.506 e. The summed E-state index contributed by atoms with van der Waals surface area (Å²) in [5, 5.41) is 13.4. The molecule has 0 fully saturated rings. The molecular weight excluding hydrogens is 314 g/mol. The smallest absolute Gasteiger partial charge is 0.263 e. The number of imidazole rings is 1. The van der Waals surface area contributed by atoms with Crippen molar-refractivity contribution in [2.45, 2.75) is 0 Å². The van der Waals surface area contributed by atoms with Crippen LogP contribution in [0, 0.1) is 0 Å². The molecule has 0 radical (unpaired) electrons. The third kappa shape index (κ3) is 2.03. The zero-order valence-electron chi connectivity index (χ0n) is 13.1. The number of pyridine rings is 1. The number of para-hydroxylation sites is 2. The first-order valence-corrected chi connectivity index (χ1v) is 7.93. The second-order valence-electron chi connectivity index (χ2n) is 6.03. The molecule has 5 aromatic rings. The summed E-state index contributed by atoms with van der Waals surface area (Å²) in [4.78, 5) is 23.0. The molecule has 0 aliphatic heterocycles. The Bertz CT molecular complexity index is 1300. The molecule has 0 saturated heterocycles. The number of aromatic hydroxyl groups is 1. The molecule has 25 heavy (non-hydrogen) atoms. The molecule has 0 aliphatic carbocycles. The van der Waals surface area contributed by atoms with Crippen molar-refractivity contribution in [3.8, 4) is 17.1 Å². The van der Waals surface area contributed by atoms with Crippen LogP contribution in [-0.4, -0.2) is 20.1 Å². The lowest BCUT2D eigenvalue weighted by Gasteiger charge is -2.07. The van der Waals surface area contributed by atoms with E-state index < -0.39 is 0 Å². The Morgan fingerprint density at radius 1 is 0.840 bits per heavy atom. The number of aromatic amines is 2. The number of benzene rings is 3. The van der Waals surface area contributed by atoms with Crippen molar-refractivity contribution in [1.82, 2.24) is 15.0 Å². The molecule has 0 spiro atoms. The van der Waals surface area contributed by atoms with Gasteiger partial charge in [-0.05, 0) is 35.0 Å². The van der Waals surface area contributed by atoms with E-state index in [-0.39, 0.29) is 16.9 Å². The van der Waals surface area contributed by atoms with E-state index in [1.165, 1.54) is 0 Å². The number of nitrogens with zero attached hydrogens (tertiary/aromatic N) is 1. The van der Waals surface area contributed by atoms with E-state index in [2.05, 4.69) is 15.0 Å². The number of rotatable bonds is 1. The topological polar surface area (TPSA) is 81.8 Å². The van der Waals surface area contributed by atoms with Crippen LogP contribution in [0.5, 0.6) is 5.75 Å². The number of nitrogens with one attached hydrogen (secondary N) is 2. The highest BCUT2D eigenvalue weighted by Gasteiger charge is 2.17. The standard InChI is InChI=1S/C20H13N3O2/c24-18-13-9-11-5-1-2-6-12(11)10-16(13)23-20(25)17(18)19-21-14-7-3-4-8-15(14)22-19/h1-10H,(H,21,22)(H2,23,24,25). The van der Waals surface area contributed by atoms with Gasteiger partial charge in [0.2, 0.25) is 0 Å². The number of aromatic nitrogens is 3. The van der Waals surface area contributed by atoms with Crippen molar-refractivity contribution in [1.29, 1.82) is 0 Å². The van der Waals surface area contributed by atoms with E-state index in [9.17, 15) is 9.90 Å². The van der Waals surface area contributed by atoms with Gasteiger partial charge in [0.25, 0.3) is 5.56 Å². The second-order valence-corrected chi connectivity index (χ2v) is 6.03. The molecule has 5 nitrogen and oxygen atoms in total. The van der Waals surface area contributed by atoms with Crippen molar-refractivity contribution in [3.63, 3.8) is 0 Å². The van der Waals surface area contributed by atoms with Gasteiger partial charge in [-0.15, -0.1) is 0 Å². The fourth-order valence-electron chi connectivity index (χ4n) is 3.26. The Morgan fingerprint density at radius 3 is 2.36 bits per heavy atom. The average molecular weight is 327 g/mol. The fourth-order valence-corrected chi connectivity index (χ4v) is 3.26. The van der Waals surface area contributed by atoms with Crippen molar-refractivity contribution in [2.75, 3.05) is 0 Å². The van der Waals surface area contributed by atoms with Gasteiger partial charge in [0.1, 0.15) is 17.1 Å². The van der Waals surface area contributed by atoms with E-state index >= 15 is 0 Å². The van der Waals surface area contributed by atoms with Crippen LogP contribution in [0.3, 0.4) is 0 Å². The van der Waals surface area contributed by atoms with Crippen LogP contribution >= 0.6 is 0 Å². The summed E-state index contributed by atoms with van der Waals surface area (Å²) >= 11 is 0. The second kappa shape index (κ2) is 4.95. The number of hydrogen-bond donors (Lipinski definition) is 3. The van der Waals surface area contributed by atoms with Gasteiger partial charge >= 0.3 is 0 Å². The molecule has 0 saturated carbocycles. The average Bonchev–Trinajstić information content (AvgIpc) is 3.04. The highest BCUT2D eigenvalue weighted by Crippen LogP contribution is 2.33. The van der Waals surface area contributed by atoms with Gasteiger partial charge in [-0.2, -0.15) is 0 Å². The van der Waals surface area contributed by atoms with Crippen LogP contribution in [0.25, 0.3) is 44.1 Å². The Hall–Kier alpha value is -3.60. The molecule has 0 unspecified atom stereocenters. The number of fused-ring (bicyclic) bond motifs is 3. The Kier molecular flexibility index (Phi) is 2.73. The molecule has 0 aliphatic rings. The largest absolute Gasteiger partial charge is 0.506 e. The first kappa shape index (κ1) is 13.8. The molecule has 3 aromatic carbocycles. The predicted molar refractivity (Wildman–Crippen MR) is 98.8 cm³/mol.